The Labute approximate surface area is 122 Å². The minimum atomic E-state index is -0.0683. The highest BCUT2D eigenvalue weighted by atomic mass is 79.9. The molecule has 19 heavy (non-hydrogen) atoms. The van der Waals surface area contributed by atoms with Crippen LogP contribution >= 0.6 is 15.9 Å². The Hall–Kier alpha value is -1.32. The molecule has 0 bridgehead atoms. The Balaban J connectivity index is 2.38. The van der Waals surface area contributed by atoms with E-state index in [1.54, 1.807) is 0 Å². The summed E-state index contributed by atoms with van der Waals surface area (Å²) in [4.78, 5) is 0. The van der Waals surface area contributed by atoms with E-state index < -0.39 is 0 Å². The molecule has 2 N–H and O–H groups in total. The molecule has 1 unspecified atom stereocenters. The van der Waals surface area contributed by atoms with Crippen molar-refractivity contribution in [1.82, 2.24) is 0 Å². The molecule has 2 aromatic carbocycles. The molecule has 0 amide bonds. The molecule has 0 radical (unpaired) electrons. The van der Waals surface area contributed by atoms with Gasteiger partial charge in [0.05, 0.1) is 0 Å². The third-order valence-electron chi connectivity index (χ3n) is 3.04. The van der Waals surface area contributed by atoms with Crippen LogP contribution < -0.4 is 10.5 Å². The van der Waals surface area contributed by atoms with Crippen LogP contribution in [0.5, 0.6) is 11.5 Å². The summed E-state index contributed by atoms with van der Waals surface area (Å²) in [6.45, 7) is 4.08. The van der Waals surface area contributed by atoms with E-state index in [1.807, 2.05) is 43.3 Å². The van der Waals surface area contributed by atoms with Crippen molar-refractivity contribution < 1.29 is 4.74 Å². The van der Waals surface area contributed by atoms with Crippen molar-refractivity contribution in [2.24, 2.45) is 5.73 Å². The van der Waals surface area contributed by atoms with Crippen molar-refractivity contribution in [3.8, 4) is 11.5 Å². The Bertz CT molecular complexity index is 566. The van der Waals surface area contributed by atoms with E-state index in [4.69, 9.17) is 10.5 Å². The van der Waals surface area contributed by atoms with Gasteiger partial charge >= 0.3 is 0 Å². The smallest absolute Gasteiger partial charge is 0.132 e. The quantitative estimate of drug-likeness (QED) is 0.876. The van der Waals surface area contributed by atoms with Gasteiger partial charge in [-0.2, -0.15) is 0 Å². The molecular formula is C16H18BrNO. The average molecular weight is 320 g/mol. The highest BCUT2D eigenvalue weighted by Crippen LogP contribution is 2.32. The molecule has 2 nitrogen and oxygen atoms in total. The Kier molecular flexibility index (Phi) is 4.61. The first kappa shape index (κ1) is 14.1. The van der Waals surface area contributed by atoms with Gasteiger partial charge in [0.25, 0.3) is 0 Å². The fourth-order valence-electron chi connectivity index (χ4n) is 1.98. The maximum atomic E-state index is 6.05. The van der Waals surface area contributed by atoms with Gasteiger partial charge in [-0.25, -0.2) is 0 Å². The van der Waals surface area contributed by atoms with Gasteiger partial charge in [0.2, 0.25) is 0 Å². The molecule has 3 heteroatoms. The topological polar surface area (TPSA) is 35.2 Å². The zero-order valence-corrected chi connectivity index (χ0v) is 12.8. The highest BCUT2D eigenvalue weighted by Gasteiger charge is 2.11. The molecule has 0 aliphatic heterocycles. The van der Waals surface area contributed by atoms with Crippen LogP contribution in [0.1, 0.15) is 31.0 Å². The van der Waals surface area contributed by atoms with Crippen LogP contribution in [0, 0.1) is 0 Å². The fraction of sp³-hybridized carbons (Fsp3) is 0.250. The maximum Gasteiger partial charge on any atom is 0.132 e. The van der Waals surface area contributed by atoms with E-state index in [9.17, 15) is 0 Å². The predicted octanol–water partition coefficient (Wildman–Crippen LogP) is 4.82. The lowest BCUT2D eigenvalue weighted by Crippen LogP contribution is -2.07. The maximum absolute atomic E-state index is 6.05. The monoisotopic (exact) mass is 319 g/mol. The van der Waals surface area contributed by atoms with Gasteiger partial charge < -0.3 is 10.5 Å². The molecule has 100 valence electrons. The van der Waals surface area contributed by atoms with Crippen molar-refractivity contribution in [1.29, 1.82) is 0 Å². The van der Waals surface area contributed by atoms with Crippen molar-refractivity contribution in [3.63, 3.8) is 0 Å². The second kappa shape index (κ2) is 6.22. The lowest BCUT2D eigenvalue weighted by molar-refractivity contribution is 0.466. The number of aryl methyl sites for hydroxylation is 1. The lowest BCUT2D eigenvalue weighted by Gasteiger charge is -2.16. The van der Waals surface area contributed by atoms with Gasteiger partial charge in [0.1, 0.15) is 11.5 Å². The number of ether oxygens (including phenoxy) is 1. The van der Waals surface area contributed by atoms with E-state index in [2.05, 4.69) is 28.9 Å². The number of nitrogens with two attached hydrogens (primary N) is 1. The van der Waals surface area contributed by atoms with Gasteiger partial charge in [-0.3, -0.25) is 0 Å². The van der Waals surface area contributed by atoms with Crippen LogP contribution in [0.3, 0.4) is 0 Å². The van der Waals surface area contributed by atoms with Crippen LogP contribution in [0.15, 0.2) is 46.9 Å². The molecular weight excluding hydrogens is 302 g/mol. The van der Waals surface area contributed by atoms with Gasteiger partial charge in [-0.05, 0) is 43.2 Å². The number of hydrogen-bond donors (Lipinski definition) is 1. The zero-order chi connectivity index (χ0) is 13.8. The first-order valence-corrected chi connectivity index (χ1v) is 7.22. The second-order valence-corrected chi connectivity index (χ2v) is 5.45. The summed E-state index contributed by atoms with van der Waals surface area (Å²) in [5.74, 6) is 1.72. The third kappa shape index (κ3) is 3.37. The summed E-state index contributed by atoms with van der Waals surface area (Å²) >= 11 is 3.47. The molecule has 0 saturated heterocycles. The van der Waals surface area contributed by atoms with Gasteiger partial charge in [0, 0.05) is 16.1 Å². The summed E-state index contributed by atoms with van der Waals surface area (Å²) in [5.41, 5.74) is 8.20. The fourth-order valence-corrected chi connectivity index (χ4v) is 2.36. The molecule has 0 spiro atoms. The average Bonchev–Trinajstić information content (AvgIpc) is 2.41. The van der Waals surface area contributed by atoms with Crippen molar-refractivity contribution >= 4 is 15.9 Å². The summed E-state index contributed by atoms with van der Waals surface area (Å²) in [6, 6.07) is 13.9. The highest BCUT2D eigenvalue weighted by molar-refractivity contribution is 9.10. The van der Waals surface area contributed by atoms with Gasteiger partial charge in [-0.15, -0.1) is 0 Å². The lowest BCUT2D eigenvalue weighted by atomic mass is 10.1. The molecule has 2 rings (SSSR count). The first-order valence-electron chi connectivity index (χ1n) is 6.42. The molecule has 1 atom stereocenters. The first-order chi connectivity index (χ1) is 9.11. The van der Waals surface area contributed by atoms with Crippen molar-refractivity contribution in [2.75, 3.05) is 0 Å². The number of rotatable bonds is 4. The largest absolute Gasteiger partial charge is 0.457 e. The van der Waals surface area contributed by atoms with E-state index in [0.717, 1.165) is 28.0 Å². The van der Waals surface area contributed by atoms with Crippen LogP contribution in [-0.2, 0) is 6.42 Å². The standard InChI is InChI=1S/C16H18BrNO/c1-3-12-6-4-5-7-15(12)19-16-9-8-13(17)10-14(16)11(2)18/h4-11H,3,18H2,1-2H3. The summed E-state index contributed by atoms with van der Waals surface area (Å²) < 4.78 is 7.06. The zero-order valence-electron chi connectivity index (χ0n) is 11.2. The molecule has 0 fully saturated rings. The van der Waals surface area contributed by atoms with E-state index >= 15 is 0 Å². The summed E-state index contributed by atoms with van der Waals surface area (Å²) in [5, 5.41) is 0. The Morgan fingerprint density at radius 1 is 1.16 bits per heavy atom. The number of halogens is 1. The van der Waals surface area contributed by atoms with Crippen molar-refractivity contribution in [2.45, 2.75) is 26.3 Å². The number of para-hydroxylation sites is 1. The van der Waals surface area contributed by atoms with Crippen LogP contribution in [0.25, 0.3) is 0 Å². The molecule has 0 aliphatic rings. The summed E-state index contributed by atoms with van der Waals surface area (Å²) in [6.07, 6.45) is 0.945. The van der Waals surface area contributed by atoms with Crippen LogP contribution in [-0.4, -0.2) is 0 Å². The SMILES string of the molecule is CCc1ccccc1Oc1ccc(Br)cc1C(C)N. The molecule has 0 heterocycles. The second-order valence-electron chi connectivity index (χ2n) is 4.53. The Morgan fingerprint density at radius 2 is 1.89 bits per heavy atom. The van der Waals surface area contributed by atoms with E-state index in [-0.39, 0.29) is 6.04 Å². The third-order valence-corrected chi connectivity index (χ3v) is 3.53. The van der Waals surface area contributed by atoms with Gasteiger partial charge in [0.15, 0.2) is 0 Å². The van der Waals surface area contributed by atoms with Crippen LogP contribution in [0.4, 0.5) is 0 Å². The molecule has 2 aromatic rings. The predicted molar refractivity (Wildman–Crippen MR) is 82.6 cm³/mol. The normalized spacial score (nSPS) is 12.2. The summed E-state index contributed by atoms with van der Waals surface area (Å²) in [7, 11) is 0. The minimum Gasteiger partial charge on any atom is -0.457 e. The van der Waals surface area contributed by atoms with E-state index in [0.29, 0.717) is 0 Å². The Morgan fingerprint density at radius 3 is 2.58 bits per heavy atom. The van der Waals surface area contributed by atoms with Crippen molar-refractivity contribution in [3.05, 3.63) is 58.1 Å². The van der Waals surface area contributed by atoms with Gasteiger partial charge in [-0.1, -0.05) is 41.1 Å². The minimum absolute atomic E-state index is 0.0683. The number of benzene rings is 2. The molecule has 0 saturated carbocycles. The van der Waals surface area contributed by atoms with E-state index in [1.165, 1.54) is 5.56 Å². The molecule has 0 aliphatic carbocycles. The van der Waals surface area contributed by atoms with Crippen LogP contribution in [0.2, 0.25) is 0 Å². The molecule has 0 aromatic heterocycles. The number of hydrogen-bond acceptors (Lipinski definition) is 2.